The molecule has 3 rings (SSSR count). The summed E-state index contributed by atoms with van der Waals surface area (Å²) < 4.78 is 36.3. The summed E-state index contributed by atoms with van der Waals surface area (Å²) in [5, 5.41) is 7.68. The van der Waals surface area contributed by atoms with Gasteiger partial charge < -0.3 is 14.8 Å². The van der Waals surface area contributed by atoms with Gasteiger partial charge in [0, 0.05) is 19.0 Å². The second-order valence-electron chi connectivity index (χ2n) is 7.03. The fourth-order valence-electron chi connectivity index (χ4n) is 3.32. The first-order valence-electron chi connectivity index (χ1n) is 9.95. The third-order valence-corrected chi connectivity index (χ3v) is 4.66. The molecule has 1 amide bonds. The Morgan fingerprint density at radius 1 is 1.19 bits per heavy atom. The molecule has 0 saturated heterocycles. The minimum atomic E-state index is -2.96. The summed E-state index contributed by atoms with van der Waals surface area (Å²) in [5.41, 5.74) is 0.594. The maximum Gasteiger partial charge on any atom is 0.387 e. The van der Waals surface area contributed by atoms with E-state index in [0.29, 0.717) is 17.3 Å². The van der Waals surface area contributed by atoms with Crippen LogP contribution in [0, 0.1) is 0 Å². The largest absolute Gasteiger partial charge is 0.490 e. The average molecular weight is 446 g/mol. The van der Waals surface area contributed by atoms with Crippen LogP contribution in [0.5, 0.6) is 11.5 Å². The number of carbonyl (C=O) groups is 1. The van der Waals surface area contributed by atoms with Crippen molar-refractivity contribution in [3.63, 3.8) is 0 Å². The summed E-state index contributed by atoms with van der Waals surface area (Å²) >= 11 is 0. The van der Waals surface area contributed by atoms with Crippen molar-refractivity contribution < 1.29 is 23.0 Å². The van der Waals surface area contributed by atoms with Crippen molar-refractivity contribution >= 4 is 16.7 Å². The lowest BCUT2D eigenvalue weighted by molar-refractivity contribution is -0.0514. The summed E-state index contributed by atoms with van der Waals surface area (Å²) in [6, 6.07) is 11.5. The number of nitrogens with zero attached hydrogens (tertiary/aromatic N) is 3. The second-order valence-corrected chi connectivity index (χ2v) is 7.03. The minimum absolute atomic E-state index is 0.0455. The van der Waals surface area contributed by atoms with Crippen LogP contribution in [-0.2, 0) is 13.2 Å². The zero-order valence-corrected chi connectivity index (χ0v) is 18.0. The molecule has 32 heavy (non-hydrogen) atoms. The van der Waals surface area contributed by atoms with Crippen LogP contribution in [-0.4, -0.2) is 47.9 Å². The Bertz CT molecular complexity index is 1170. The van der Waals surface area contributed by atoms with E-state index in [1.165, 1.54) is 17.8 Å². The molecular weight excluding hydrogens is 422 g/mol. The van der Waals surface area contributed by atoms with Crippen LogP contribution >= 0.6 is 0 Å². The molecule has 0 unspecified atom stereocenters. The highest BCUT2D eigenvalue weighted by atomic mass is 19.3. The van der Waals surface area contributed by atoms with E-state index < -0.39 is 12.5 Å². The molecule has 0 aliphatic heterocycles. The molecule has 0 fully saturated rings. The number of fused-ring (bicyclic) bond motifs is 1. The van der Waals surface area contributed by atoms with Gasteiger partial charge in [0.1, 0.15) is 0 Å². The van der Waals surface area contributed by atoms with Crippen molar-refractivity contribution in [1.82, 2.24) is 20.0 Å². The van der Waals surface area contributed by atoms with Crippen LogP contribution in [0.3, 0.4) is 0 Å². The summed E-state index contributed by atoms with van der Waals surface area (Å²) in [4.78, 5) is 27.0. The molecular formula is C22H24F2N4O4. The van der Waals surface area contributed by atoms with E-state index >= 15 is 0 Å². The number of hydrogen-bond acceptors (Lipinski definition) is 6. The normalized spacial score (nSPS) is 11.2. The third-order valence-electron chi connectivity index (χ3n) is 4.66. The van der Waals surface area contributed by atoms with E-state index in [1.54, 1.807) is 55.3 Å². The molecule has 3 aromatic rings. The summed E-state index contributed by atoms with van der Waals surface area (Å²) in [7, 11) is 3.27. The Labute approximate surface area is 183 Å². The Kier molecular flexibility index (Phi) is 7.37. The highest BCUT2D eigenvalue weighted by Gasteiger charge is 2.17. The molecule has 170 valence electrons. The van der Waals surface area contributed by atoms with Crippen molar-refractivity contribution in [2.75, 3.05) is 20.7 Å². The number of amides is 1. The Balaban J connectivity index is 1.87. The highest BCUT2D eigenvalue weighted by molar-refractivity contribution is 6.04. The lowest BCUT2D eigenvalue weighted by Gasteiger charge is -2.19. The van der Waals surface area contributed by atoms with E-state index in [1.807, 2.05) is 0 Å². The fraction of sp³-hybridized carbons (Fsp3) is 0.318. The van der Waals surface area contributed by atoms with E-state index in [0.717, 1.165) is 5.56 Å². The van der Waals surface area contributed by atoms with Gasteiger partial charge in [-0.3, -0.25) is 14.5 Å². The molecule has 0 saturated carbocycles. The Hall–Kier alpha value is -3.53. The Morgan fingerprint density at radius 3 is 2.56 bits per heavy atom. The number of nitrogens with one attached hydrogen (secondary N) is 1. The maximum absolute atomic E-state index is 12.9. The van der Waals surface area contributed by atoms with Crippen molar-refractivity contribution in [3.8, 4) is 11.5 Å². The molecule has 1 N–H and O–H groups in total. The van der Waals surface area contributed by atoms with E-state index in [-0.39, 0.29) is 36.0 Å². The van der Waals surface area contributed by atoms with Crippen LogP contribution in [0.4, 0.5) is 8.78 Å². The number of ether oxygens (including phenoxy) is 2. The number of carbonyl (C=O) groups excluding carboxylic acids is 1. The van der Waals surface area contributed by atoms with Crippen LogP contribution in [0.15, 0.2) is 47.3 Å². The standard InChI is InChI=1S/C22H24F2N4O4/c1-4-31-18-11-14(9-10-17(18)32-22(23)24)12-27(3)13-28-21(30)16-8-6-5-7-15(16)19(26-28)20(29)25-2/h5-11,22H,4,12-13H2,1-3H3,(H,25,29). The van der Waals surface area contributed by atoms with Gasteiger partial charge in [-0.25, -0.2) is 4.68 Å². The monoisotopic (exact) mass is 446 g/mol. The number of aromatic nitrogens is 2. The number of alkyl halides is 2. The van der Waals surface area contributed by atoms with Gasteiger partial charge in [0.05, 0.1) is 18.7 Å². The molecule has 0 bridgehead atoms. The minimum Gasteiger partial charge on any atom is -0.490 e. The van der Waals surface area contributed by atoms with Gasteiger partial charge >= 0.3 is 6.61 Å². The maximum atomic E-state index is 12.9. The molecule has 2 aromatic carbocycles. The van der Waals surface area contributed by atoms with Gasteiger partial charge in [-0.1, -0.05) is 24.3 Å². The first-order chi connectivity index (χ1) is 15.3. The lowest BCUT2D eigenvalue weighted by Crippen LogP contribution is -2.34. The lowest BCUT2D eigenvalue weighted by atomic mass is 10.1. The molecule has 8 nitrogen and oxygen atoms in total. The van der Waals surface area contributed by atoms with E-state index in [9.17, 15) is 18.4 Å². The zero-order chi connectivity index (χ0) is 23.3. The molecule has 0 aliphatic carbocycles. The van der Waals surface area contributed by atoms with Gasteiger partial charge in [-0.15, -0.1) is 0 Å². The SMILES string of the molecule is CCOc1cc(CN(C)Cn2nc(C(=O)NC)c3ccccc3c2=O)ccc1OC(F)F. The summed E-state index contributed by atoms with van der Waals surface area (Å²) in [6.07, 6.45) is 0. The van der Waals surface area contributed by atoms with Gasteiger partial charge in [0.15, 0.2) is 17.2 Å². The van der Waals surface area contributed by atoms with Gasteiger partial charge in [-0.05, 0) is 37.7 Å². The van der Waals surface area contributed by atoms with Crippen LogP contribution in [0.2, 0.25) is 0 Å². The third kappa shape index (κ3) is 5.20. The number of benzene rings is 2. The number of rotatable bonds is 9. The molecule has 0 spiro atoms. The number of halogens is 2. The van der Waals surface area contributed by atoms with Gasteiger partial charge in [0.25, 0.3) is 11.5 Å². The van der Waals surface area contributed by atoms with Crippen molar-refractivity contribution in [3.05, 3.63) is 64.1 Å². The molecule has 1 aromatic heterocycles. The van der Waals surface area contributed by atoms with Crippen LogP contribution < -0.4 is 20.3 Å². The predicted molar refractivity (Wildman–Crippen MR) is 115 cm³/mol. The predicted octanol–water partition coefficient (Wildman–Crippen LogP) is 2.85. The smallest absolute Gasteiger partial charge is 0.387 e. The van der Waals surface area contributed by atoms with Gasteiger partial charge in [-0.2, -0.15) is 13.9 Å². The zero-order valence-electron chi connectivity index (χ0n) is 18.0. The summed E-state index contributed by atoms with van der Waals surface area (Å²) in [5.74, 6) is -0.230. The Morgan fingerprint density at radius 2 is 1.91 bits per heavy atom. The quantitative estimate of drug-likeness (QED) is 0.544. The second kappa shape index (κ2) is 10.2. The molecule has 0 radical (unpaired) electrons. The molecule has 0 aliphatic rings. The van der Waals surface area contributed by atoms with E-state index in [4.69, 9.17) is 4.74 Å². The fourth-order valence-corrected chi connectivity index (χ4v) is 3.32. The molecule has 10 heteroatoms. The van der Waals surface area contributed by atoms with Crippen LogP contribution in [0.25, 0.3) is 10.8 Å². The first-order valence-corrected chi connectivity index (χ1v) is 9.95. The molecule has 1 heterocycles. The first kappa shape index (κ1) is 23.1. The van der Waals surface area contributed by atoms with Crippen molar-refractivity contribution in [2.24, 2.45) is 0 Å². The van der Waals surface area contributed by atoms with Crippen molar-refractivity contribution in [1.29, 1.82) is 0 Å². The van der Waals surface area contributed by atoms with Crippen molar-refractivity contribution in [2.45, 2.75) is 26.7 Å². The average Bonchev–Trinajstić information content (AvgIpc) is 2.77. The molecule has 0 atom stereocenters. The van der Waals surface area contributed by atoms with Gasteiger partial charge in [0.2, 0.25) is 0 Å². The topological polar surface area (TPSA) is 85.7 Å². The van der Waals surface area contributed by atoms with E-state index in [2.05, 4.69) is 15.2 Å². The highest BCUT2D eigenvalue weighted by Crippen LogP contribution is 2.30. The summed E-state index contributed by atoms with van der Waals surface area (Å²) in [6.45, 7) is -0.453. The van der Waals surface area contributed by atoms with Crippen LogP contribution in [0.1, 0.15) is 23.0 Å². The number of hydrogen-bond donors (Lipinski definition) is 1.